The van der Waals surface area contributed by atoms with Crippen molar-refractivity contribution < 1.29 is 15.0 Å². The SMILES string of the molecule is C=C(C)C[C@@](C)(O)C(=O)CO. The van der Waals surface area contributed by atoms with Crippen LogP contribution in [-0.2, 0) is 4.79 Å². The molecule has 3 heteroatoms. The van der Waals surface area contributed by atoms with E-state index in [2.05, 4.69) is 6.58 Å². The zero-order valence-corrected chi connectivity index (χ0v) is 6.92. The summed E-state index contributed by atoms with van der Waals surface area (Å²) in [5.41, 5.74) is -0.738. The van der Waals surface area contributed by atoms with Gasteiger partial charge in [0.1, 0.15) is 12.2 Å². The summed E-state index contributed by atoms with van der Waals surface area (Å²) in [6.07, 6.45) is 0.201. The quantitative estimate of drug-likeness (QED) is 0.577. The maximum Gasteiger partial charge on any atom is 0.189 e. The molecule has 64 valence electrons. The van der Waals surface area contributed by atoms with E-state index in [0.717, 1.165) is 5.57 Å². The van der Waals surface area contributed by atoms with E-state index in [1.54, 1.807) is 6.92 Å². The Bertz CT molecular complexity index is 170. The maximum atomic E-state index is 10.8. The minimum atomic E-state index is -1.46. The minimum Gasteiger partial charge on any atom is -0.388 e. The zero-order chi connectivity index (χ0) is 9.07. The van der Waals surface area contributed by atoms with Crippen molar-refractivity contribution in [2.75, 3.05) is 6.61 Å². The number of hydrogen-bond acceptors (Lipinski definition) is 3. The summed E-state index contributed by atoms with van der Waals surface area (Å²) in [7, 11) is 0. The molecule has 0 radical (unpaired) electrons. The first kappa shape index (κ1) is 10.3. The van der Waals surface area contributed by atoms with E-state index < -0.39 is 18.0 Å². The summed E-state index contributed by atoms with van der Waals surface area (Å²) in [6.45, 7) is 6.04. The molecular formula is C8H14O3. The summed E-state index contributed by atoms with van der Waals surface area (Å²) in [5, 5.41) is 17.8. The van der Waals surface area contributed by atoms with E-state index in [1.807, 2.05) is 0 Å². The Kier molecular flexibility index (Phi) is 3.42. The lowest BCUT2D eigenvalue weighted by atomic mass is 9.94. The van der Waals surface area contributed by atoms with Crippen LogP contribution >= 0.6 is 0 Å². The van der Waals surface area contributed by atoms with Gasteiger partial charge in [0.15, 0.2) is 5.78 Å². The van der Waals surface area contributed by atoms with Gasteiger partial charge in [-0.15, -0.1) is 6.58 Å². The van der Waals surface area contributed by atoms with E-state index in [1.165, 1.54) is 6.92 Å². The molecule has 0 rings (SSSR count). The molecule has 2 N–H and O–H groups in total. The summed E-state index contributed by atoms with van der Waals surface area (Å²) in [4.78, 5) is 10.8. The van der Waals surface area contributed by atoms with Crippen molar-refractivity contribution in [2.45, 2.75) is 25.9 Å². The van der Waals surface area contributed by atoms with Gasteiger partial charge in [0.25, 0.3) is 0 Å². The van der Waals surface area contributed by atoms with Gasteiger partial charge in [0.2, 0.25) is 0 Å². The third-order valence-electron chi connectivity index (χ3n) is 1.39. The number of aliphatic hydroxyl groups is 2. The van der Waals surface area contributed by atoms with Crippen LogP contribution in [0, 0.1) is 0 Å². The largest absolute Gasteiger partial charge is 0.388 e. The van der Waals surface area contributed by atoms with Crippen LogP contribution in [0.1, 0.15) is 20.3 Å². The van der Waals surface area contributed by atoms with Gasteiger partial charge in [-0.3, -0.25) is 4.79 Å². The van der Waals surface area contributed by atoms with Gasteiger partial charge in [0.05, 0.1) is 0 Å². The Labute approximate surface area is 66.4 Å². The lowest BCUT2D eigenvalue weighted by Crippen LogP contribution is -2.37. The number of ketones is 1. The topological polar surface area (TPSA) is 57.5 Å². The highest BCUT2D eigenvalue weighted by Crippen LogP contribution is 2.15. The molecule has 0 aromatic heterocycles. The fourth-order valence-electron chi connectivity index (χ4n) is 0.857. The molecule has 0 bridgehead atoms. The molecule has 0 aliphatic rings. The van der Waals surface area contributed by atoms with Crippen LogP contribution in [0.3, 0.4) is 0 Å². The molecule has 3 nitrogen and oxygen atoms in total. The smallest absolute Gasteiger partial charge is 0.189 e. The van der Waals surface area contributed by atoms with Crippen LogP contribution in [0.2, 0.25) is 0 Å². The summed E-state index contributed by atoms with van der Waals surface area (Å²) >= 11 is 0. The Balaban J connectivity index is 4.21. The van der Waals surface area contributed by atoms with E-state index >= 15 is 0 Å². The highest BCUT2D eigenvalue weighted by Gasteiger charge is 2.28. The molecule has 0 aliphatic carbocycles. The van der Waals surface area contributed by atoms with Gasteiger partial charge in [-0.25, -0.2) is 0 Å². The number of carbonyl (C=O) groups excluding carboxylic acids is 1. The van der Waals surface area contributed by atoms with Gasteiger partial charge in [-0.1, -0.05) is 5.57 Å². The van der Waals surface area contributed by atoms with Crippen molar-refractivity contribution in [1.29, 1.82) is 0 Å². The molecule has 0 spiro atoms. The molecule has 1 atom stereocenters. The fourth-order valence-corrected chi connectivity index (χ4v) is 0.857. The first-order valence-electron chi connectivity index (χ1n) is 3.41. The highest BCUT2D eigenvalue weighted by atomic mass is 16.3. The van der Waals surface area contributed by atoms with Crippen LogP contribution in [0.5, 0.6) is 0 Å². The first-order valence-corrected chi connectivity index (χ1v) is 3.41. The molecule has 0 amide bonds. The molecule has 0 saturated carbocycles. The normalized spacial score (nSPS) is 15.6. The number of Topliss-reactive ketones (excluding diaryl/α,β-unsaturated/α-hetero) is 1. The van der Waals surface area contributed by atoms with E-state index in [0.29, 0.717) is 0 Å². The van der Waals surface area contributed by atoms with E-state index in [9.17, 15) is 9.90 Å². The van der Waals surface area contributed by atoms with Crippen molar-refractivity contribution in [3.8, 4) is 0 Å². The summed E-state index contributed by atoms with van der Waals surface area (Å²) in [5.74, 6) is -0.569. The molecule has 0 aromatic carbocycles. The monoisotopic (exact) mass is 158 g/mol. The van der Waals surface area contributed by atoms with Crippen molar-refractivity contribution in [1.82, 2.24) is 0 Å². The standard InChI is InChI=1S/C8H14O3/c1-6(2)4-8(3,11)7(10)5-9/h9,11H,1,4-5H2,2-3H3/t8-/m1/s1. The highest BCUT2D eigenvalue weighted by molar-refractivity contribution is 5.87. The molecule has 0 saturated heterocycles. The predicted octanol–water partition coefficient (Wildman–Crippen LogP) is 0.265. The number of aliphatic hydroxyl groups excluding tert-OH is 1. The molecule has 0 aliphatic heterocycles. The average Bonchev–Trinajstić information content (AvgIpc) is 1.83. The Morgan fingerprint density at radius 2 is 2.09 bits per heavy atom. The second-order valence-corrected chi connectivity index (χ2v) is 2.99. The van der Waals surface area contributed by atoms with Gasteiger partial charge >= 0.3 is 0 Å². The Morgan fingerprint density at radius 3 is 2.36 bits per heavy atom. The molecule has 0 unspecified atom stereocenters. The van der Waals surface area contributed by atoms with Crippen molar-refractivity contribution in [2.24, 2.45) is 0 Å². The summed E-state index contributed by atoms with van der Waals surface area (Å²) < 4.78 is 0. The van der Waals surface area contributed by atoms with Crippen molar-refractivity contribution >= 4 is 5.78 Å². The number of carbonyl (C=O) groups is 1. The van der Waals surface area contributed by atoms with Crippen LogP contribution in [0.25, 0.3) is 0 Å². The molecular weight excluding hydrogens is 144 g/mol. The van der Waals surface area contributed by atoms with Crippen molar-refractivity contribution in [3.63, 3.8) is 0 Å². The Hall–Kier alpha value is -0.670. The van der Waals surface area contributed by atoms with E-state index in [-0.39, 0.29) is 6.42 Å². The lowest BCUT2D eigenvalue weighted by molar-refractivity contribution is -0.138. The van der Waals surface area contributed by atoms with Crippen LogP contribution in [-0.4, -0.2) is 28.2 Å². The number of rotatable bonds is 4. The second-order valence-electron chi connectivity index (χ2n) is 2.99. The second kappa shape index (κ2) is 3.64. The van der Waals surface area contributed by atoms with Crippen LogP contribution in [0.4, 0.5) is 0 Å². The third-order valence-corrected chi connectivity index (χ3v) is 1.39. The molecule has 0 heterocycles. The summed E-state index contributed by atoms with van der Waals surface area (Å²) in [6, 6.07) is 0. The van der Waals surface area contributed by atoms with Gasteiger partial charge in [-0.2, -0.15) is 0 Å². The number of hydrogen-bond donors (Lipinski definition) is 2. The molecule has 0 fully saturated rings. The van der Waals surface area contributed by atoms with E-state index in [4.69, 9.17) is 5.11 Å². The van der Waals surface area contributed by atoms with Gasteiger partial charge in [-0.05, 0) is 13.8 Å². The maximum absolute atomic E-state index is 10.8. The fraction of sp³-hybridized carbons (Fsp3) is 0.625. The van der Waals surface area contributed by atoms with Gasteiger partial charge in [0, 0.05) is 6.42 Å². The third kappa shape index (κ3) is 3.30. The van der Waals surface area contributed by atoms with Crippen LogP contribution in [0.15, 0.2) is 12.2 Å². The minimum absolute atomic E-state index is 0.201. The van der Waals surface area contributed by atoms with Gasteiger partial charge < -0.3 is 10.2 Å². The van der Waals surface area contributed by atoms with Crippen molar-refractivity contribution in [3.05, 3.63) is 12.2 Å². The molecule has 11 heavy (non-hydrogen) atoms. The zero-order valence-electron chi connectivity index (χ0n) is 6.92. The average molecular weight is 158 g/mol. The molecule has 0 aromatic rings. The predicted molar refractivity (Wildman–Crippen MR) is 42.1 cm³/mol. The first-order chi connectivity index (χ1) is 4.90. The lowest BCUT2D eigenvalue weighted by Gasteiger charge is -2.20. The van der Waals surface area contributed by atoms with Crippen LogP contribution < -0.4 is 0 Å². The Morgan fingerprint density at radius 1 is 1.64 bits per heavy atom.